The maximum absolute atomic E-state index is 12.9. The molecule has 13 nitrogen and oxygen atoms in total. The van der Waals surface area contributed by atoms with Gasteiger partial charge >= 0.3 is 17.8 Å². The summed E-state index contributed by atoms with van der Waals surface area (Å²) in [4.78, 5) is 38.3. The predicted molar refractivity (Wildman–Crippen MR) is 179 cm³/mol. The summed E-state index contributed by atoms with van der Waals surface area (Å²) >= 11 is 0. The lowest BCUT2D eigenvalue weighted by molar-refractivity contribution is -0.295. The SMILES string of the molecule is COc1ccc(C(OC[C@@]2(OCCCNC(=O)C(F)(F)F)O[C@@H](n3ccc(=O)[nH]c3=O)[C@H](OC)[C@@H]2O)(c2ccccc2)c2ccc(OC)cc2)cc1. The van der Waals surface area contributed by atoms with Crippen molar-refractivity contribution >= 4 is 5.91 Å². The molecule has 0 bridgehead atoms. The lowest BCUT2D eigenvalue weighted by Gasteiger charge is -2.40. The van der Waals surface area contributed by atoms with Gasteiger partial charge in [0, 0.05) is 25.9 Å². The quantitative estimate of drug-likeness (QED) is 0.123. The van der Waals surface area contributed by atoms with Gasteiger partial charge in [-0.1, -0.05) is 54.6 Å². The molecule has 5 rings (SSSR count). The van der Waals surface area contributed by atoms with E-state index in [1.54, 1.807) is 53.8 Å². The molecule has 1 aromatic heterocycles. The Kier molecular flexibility index (Phi) is 11.9. The Morgan fingerprint density at radius 1 is 0.904 bits per heavy atom. The van der Waals surface area contributed by atoms with Crippen LogP contribution in [0.4, 0.5) is 13.2 Å². The third-order valence-electron chi connectivity index (χ3n) is 8.63. The molecule has 16 heteroatoms. The molecular weight excluding hydrogens is 691 g/mol. The number of nitrogens with one attached hydrogen (secondary N) is 2. The van der Waals surface area contributed by atoms with E-state index in [-0.39, 0.29) is 13.0 Å². The number of hydrogen-bond acceptors (Lipinski definition) is 10. The summed E-state index contributed by atoms with van der Waals surface area (Å²) in [7, 11) is 4.34. The number of amides is 1. The number of aliphatic hydroxyl groups excluding tert-OH is 1. The van der Waals surface area contributed by atoms with Crippen LogP contribution in [0.25, 0.3) is 0 Å². The highest BCUT2D eigenvalue weighted by atomic mass is 19.4. The van der Waals surface area contributed by atoms with Crippen LogP contribution in [-0.4, -0.2) is 85.8 Å². The Labute approximate surface area is 295 Å². The monoisotopic (exact) mass is 729 g/mol. The summed E-state index contributed by atoms with van der Waals surface area (Å²) in [5.41, 5.74) is -1.08. The first kappa shape index (κ1) is 38.2. The average Bonchev–Trinajstić information content (AvgIpc) is 3.42. The molecule has 1 aliphatic heterocycles. The molecule has 4 atom stereocenters. The molecular formula is C36H38F3N3O10. The normalized spacial score (nSPS) is 20.4. The second-order valence-electron chi connectivity index (χ2n) is 11.7. The molecule has 278 valence electrons. The highest BCUT2D eigenvalue weighted by Gasteiger charge is 2.58. The Hall–Kier alpha value is -5.00. The van der Waals surface area contributed by atoms with Gasteiger partial charge in [-0.25, -0.2) is 4.79 Å². The molecule has 52 heavy (non-hydrogen) atoms. The molecule has 2 heterocycles. The summed E-state index contributed by atoms with van der Waals surface area (Å²) in [5.74, 6) is -3.10. The number of aromatic nitrogens is 2. The van der Waals surface area contributed by atoms with Crippen molar-refractivity contribution in [3.63, 3.8) is 0 Å². The first-order valence-electron chi connectivity index (χ1n) is 16.1. The number of aromatic amines is 1. The molecule has 0 spiro atoms. The first-order valence-corrected chi connectivity index (χ1v) is 16.1. The van der Waals surface area contributed by atoms with Crippen molar-refractivity contribution in [2.75, 3.05) is 41.1 Å². The second kappa shape index (κ2) is 16.1. The summed E-state index contributed by atoms with van der Waals surface area (Å²) < 4.78 is 75.2. The van der Waals surface area contributed by atoms with Crippen molar-refractivity contribution in [3.05, 3.63) is 129 Å². The lowest BCUT2D eigenvalue weighted by Crippen LogP contribution is -2.52. The van der Waals surface area contributed by atoms with Gasteiger partial charge in [-0.2, -0.15) is 13.2 Å². The summed E-state index contributed by atoms with van der Waals surface area (Å²) in [6.07, 6.45) is -8.37. The van der Waals surface area contributed by atoms with Crippen LogP contribution in [-0.2, 0) is 29.3 Å². The molecule has 1 aliphatic rings. The van der Waals surface area contributed by atoms with Gasteiger partial charge < -0.3 is 38.8 Å². The fraction of sp³-hybridized carbons (Fsp3) is 0.361. The van der Waals surface area contributed by atoms with Crippen molar-refractivity contribution in [2.24, 2.45) is 0 Å². The molecule has 3 aromatic carbocycles. The summed E-state index contributed by atoms with van der Waals surface area (Å²) in [5, 5.41) is 13.7. The molecule has 3 N–H and O–H groups in total. The standard InChI is InChI=1S/C36H38F3N3O10/c1-47-26-14-10-24(11-15-26)35(23-8-5-4-6-9-23,25-12-16-27(48-2)17-13-25)51-22-34(50-21-7-19-40-32(45)36(37,38)39)30(44)29(49-3)31(52-34)42-20-18-28(43)41-33(42)46/h4-6,8-18,20,29-31,44H,7,19,21-22H2,1-3H3,(H,40,45)(H,41,43,46)/t29-,30+,31-,34-/m1/s1. The van der Waals surface area contributed by atoms with Crippen molar-refractivity contribution in [2.45, 2.75) is 42.4 Å². The Morgan fingerprint density at radius 2 is 1.48 bits per heavy atom. The number of aliphatic hydroxyl groups is 1. The molecule has 0 saturated carbocycles. The van der Waals surface area contributed by atoms with E-state index in [1.165, 1.54) is 21.3 Å². The summed E-state index contributed by atoms with van der Waals surface area (Å²) in [6, 6.07) is 24.5. The minimum atomic E-state index is -5.08. The number of halogens is 3. The fourth-order valence-corrected chi connectivity index (χ4v) is 6.02. The number of hydrogen-bond donors (Lipinski definition) is 3. The van der Waals surface area contributed by atoms with Gasteiger partial charge in [0.25, 0.3) is 5.56 Å². The van der Waals surface area contributed by atoms with Gasteiger partial charge in [-0.15, -0.1) is 0 Å². The van der Waals surface area contributed by atoms with E-state index in [0.29, 0.717) is 28.2 Å². The molecule has 1 saturated heterocycles. The van der Waals surface area contributed by atoms with E-state index in [1.807, 2.05) is 30.3 Å². The second-order valence-corrected chi connectivity index (χ2v) is 11.7. The Balaban J connectivity index is 1.60. The average molecular weight is 730 g/mol. The third-order valence-corrected chi connectivity index (χ3v) is 8.63. The molecule has 1 fully saturated rings. The van der Waals surface area contributed by atoms with Gasteiger partial charge in [-0.05, 0) is 47.4 Å². The lowest BCUT2D eigenvalue weighted by atomic mass is 9.80. The van der Waals surface area contributed by atoms with Gasteiger partial charge in [-0.3, -0.25) is 19.1 Å². The van der Waals surface area contributed by atoms with Crippen molar-refractivity contribution in [1.29, 1.82) is 0 Å². The van der Waals surface area contributed by atoms with E-state index < -0.39 is 66.3 Å². The molecule has 1 amide bonds. The van der Waals surface area contributed by atoms with Gasteiger partial charge in [0.1, 0.15) is 35.9 Å². The topological polar surface area (TPSA) is 160 Å². The van der Waals surface area contributed by atoms with Crippen LogP contribution in [0, 0.1) is 0 Å². The van der Waals surface area contributed by atoms with E-state index in [2.05, 4.69) is 4.98 Å². The fourth-order valence-electron chi connectivity index (χ4n) is 6.02. The van der Waals surface area contributed by atoms with Crippen LogP contribution in [0.3, 0.4) is 0 Å². The predicted octanol–water partition coefficient (Wildman–Crippen LogP) is 3.25. The maximum Gasteiger partial charge on any atom is 0.471 e. The van der Waals surface area contributed by atoms with Crippen molar-refractivity contribution < 1.29 is 51.5 Å². The first-order chi connectivity index (χ1) is 24.9. The van der Waals surface area contributed by atoms with E-state index >= 15 is 0 Å². The number of nitrogens with zero attached hydrogens (tertiary/aromatic N) is 1. The number of methoxy groups -OCH3 is 3. The van der Waals surface area contributed by atoms with Crippen LogP contribution >= 0.6 is 0 Å². The van der Waals surface area contributed by atoms with Crippen LogP contribution < -0.4 is 26.0 Å². The Bertz CT molecular complexity index is 1850. The minimum Gasteiger partial charge on any atom is -0.497 e. The zero-order valence-corrected chi connectivity index (χ0v) is 28.4. The zero-order chi connectivity index (χ0) is 37.5. The number of benzene rings is 3. The highest BCUT2D eigenvalue weighted by molar-refractivity contribution is 5.81. The summed E-state index contributed by atoms with van der Waals surface area (Å²) in [6.45, 7) is -1.32. The van der Waals surface area contributed by atoms with Crippen LogP contribution in [0.5, 0.6) is 11.5 Å². The van der Waals surface area contributed by atoms with E-state index in [4.69, 9.17) is 28.4 Å². The molecule has 0 aliphatic carbocycles. The number of ether oxygens (including phenoxy) is 6. The van der Waals surface area contributed by atoms with Gasteiger partial charge in [0.05, 0.1) is 20.8 Å². The van der Waals surface area contributed by atoms with Crippen LogP contribution in [0.2, 0.25) is 0 Å². The molecule has 0 radical (unpaired) electrons. The van der Waals surface area contributed by atoms with E-state index in [9.17, 15) is 32.7 Å². The van der Waals surface area contributed by atoms with Crippen LogP contribution in [0.15, 0.2) is 101 Å². The molecule has 4 aromatic rings. The van der Waals surface area contributed by atoms with Gasteiger partial charge in [0.2, 0.25) is 5.79 Å². The van der Waals surface area contributed by atoms with Crippen molar-refractivity contribution in [3.8, 4) is 11.5 Å². The smallest absolute Gasteiger partial charge is 0.471 e. The minimum absolute atomic E-state index is 0.138. The largest absolute Gasteiger partial charge is 0.497 e. The number of alkyl halides is 3. The molecule has 0 unspecified atom stereocenters. The van der Waals surface area contributed by atoms with E-state index in [0.717, 1.165) is 16.8 Å². The number of carbonyl (C=O) groups is 1. The zero-order valence-electron chi connectivity index (χ0n) is 28.4. The highest BCUT2D eigenvalue weighted by Crippen LogP contribution is 2.45. The van der Waals surface area contributed by atoms with Crippen molar-refractivity contribution in [1.82, 2.24) is 14.9 Å². The van der Waals surface area contributed by atoms with Gasteiger partial charge in [0.15, 0.2) is 6.23 Å². The van der Waals surface area contributed by atoms with Crippen LogP contribution in [0.1, 0.15) is 29.3 Å². The maximum atomic E-state index is 12.9. The number of rotatable bonds is 15. The Morgan fingerprint density at radius 3 is 2.00 bits per heavy atom. The number of carbonyl (C=O) groups excluding carboxylic acids is 1. The number of H-pyrrole nitrogens is 1. The third kappa shape index (κ3) is 7.90.